The average Bonchev–Trinajstić information content (AvgIpc) is 3.47. The molecule has 1 aliphatic heterocycles. The van der Waals surface area contributed by atoms with Gasteiger partial charge < -0.3 is 25.3 Å². The predicted octanol–water partition coefficient (Wildman–Crippen LogP) is 4.28. The number of carbonyl (C=O) groups is 2. The third kappa shape index (κ3) is 4.58. The highest BCUT2D eigenvalue weighted by atomic mass is 79.9. The molecule has 35 heavy (non-hydrogen) atoms. The number of nitrogens with one attached hydrogen (secondary N) is 3. The summed E-state index contributed by atoms with van der Waals surface area (Å²) in [5.41, 5.74) is 4.35. The molecule has 1 aliphatic rings. The van der Waals surface area contributed by atoms with E-state index in [0.29, 0.717) is 41.2 Å². The summed E-state index contributed by atoms with van der Waals surface area (Å²) >= 11 is 3.59. The maximum atomic E-state index is 13.3. The fourth-order valence-corrected chi connectivity index (χ4v) is 5.65. The molecule has 2 atom stereocenters. The van der Waals surface area contributed by atoms with Crippen molar-refractivity contribution in [1.29, 1.82) is 0 Å². The smallest absolute Gasteiger partial charge is 0.270 e. The van der Waals surface area contributed by atoms with Crippen LogP contribution < -0.4 is 5.32 Å². The van der Waals surface area contributed by atoms with Gasteiger partial charge in [-0.2, -0.15) is 0 Å². The molecule has 4 aromatic rings. The first kappa shape index (κ1) is 23.6. The van der Waals surface area contributed by atoms with E-state index in [4.69, 9.17) is 0 Å². The first-order valence-electron chi connectivity index (χ1n) is 11.8. The molecule has 4 N–H and O–H groups in total. The van der Waals surface area contributed by atoms with E-state index in [1.54, 1.807) is 12.1 Å². The number of aromatic amines is 2. The summed E-state index contributed by atoms with van der Waals surface area (Å²) in [5.74, 6) is 0.334. The number of imidazole rings is 1. The average molecular weight is 538 g/mol. The number of hydrogen-bond donors (Lipinski definition) is 4. The highest BCUT2D eigenvalue weighted by molar-refractivity contribution is 9.10. The molecule has 9 heteroatoms. The minimum absolute atomic E-state index is 0.0215. The number of amides is 2. The summed E-state index contributed by atoms with van der Waals surface area (Å²) in [6, 6.07) is 11.2. The molecule has 5 rings (SSSR count). The lowest BCUT2D eigenvalue weighted by Gasteiger charge is -2.36. The van der Waals surface area contributed by atoms with Crippen LogP contribution in [0.4, 0.5) is 0 Å². The molecule has 0 saturated carbocycles. The number of piperidine rings is 1. The van der Waals surface area contributed by atoms with Gasteiger partial charge in [0.05, 0.1) is 11.1 Å². The number of aliphatic hydroxyl groups excluding tert-OH is 1. The second kappa shape index (κ2) is 9.47. The van der Waals surface area contributed by atoms with Crippen LogP contribution in [0.1, 0.15) is 52.0 Å². The fraction of sp³-hybridized carbons (Fsp3) is 0.346. The molecule has 0 bridgehead atoms. The molecule has 182 valence electrons. The maximum absolute atomic E-state index is 13.3. The zero-order valence-electron chi connectivity index (χ0n) is 19.7. The molecule has 2 aromatic carbocycles. The summed E-state index contributed by atoms with van der Waals surface area (Å²) in [6.07, 6.45) is 1.82. The van der Waals surface area contributed by atoms with E-state index in [1.807, 2.05) is 43.0 Å². The van der Waals surface area contributed by atoms with Crippen molar-refractivity contribution in [3.05, 3.63) is 63.5 Å². The van der Waals surface area contributed by atoms with E-state index in [-0.39, 0.29) is 30.4 Å². The Morgan fingerprint density at radius 2 is 2.09 bits per heavy atom. The minimum Gasteiger partial charge on any atom is -0.388 e. The zero-order valence-corrected chi connectivity index (χ0v) is 21.3. The van der Waals surface area contributed by atoms with Crippen molar-refractivity contribution in [3.63, 3.8) is 0 Å². The van der Waals surface area contributed by atoms with Gasteiger partial charge in [-0.1, -0.05) is 22.0 Å². The molecular weight excluding hydrogens is 510 g/mol. The van der Waals surface area contributed by atoms with Crippen LogP contribution in [0, 0.1) is 12.8 Å². The SMILES string of the molecule is Cc1cc(Br)c2cc(C(=O)N3CCCC(C(C)NC(=O)c4cccc5[nH]c(CO)nc45)C3)[nH]c2c1. The Morgan fingerprint density at radius 3 is 2.89 bits per heavy atom. The lowest BCUT2D eigenvalue weighted by atomic mass is 9.91. The molecule has 0 spiro atoms. The molecule has 0 aliphatic carbocycles. The molecule has 2 unspecified atom stereocenters. The molecule has 3 heterocycles. The van der Waals surface area contributed by atoms with Gasteiger partial charge in [-0.3, -0.25) is 9.59 Å². The lowest BCUT2D eigenvalue weighted by Crippen LogP contribution is -2.48. The van der Waals surface area contributed by atoms with Crippen molar-refractivity contribution in [3.8, 4) is 0 Å². The number of halogens is 1. The van der Waals surface area contributed by atoms with Gasteiger partial charge >= 0.3 is 0 Å². The van der Waals surface area contributed by atoms with Crippen LogP contribution in [0.5, 0.6) is 0 Å². The molecule has 0 radical (unpaired) electrons. The third-order valence-electron chi connectivity index (χ3n) is 6.83. The largest absolute Gasteiger partial charge is 0.388 e. The molecular formula is C26H28BrN5O3. The van der Waals surface area contributed by atoms with Crippen molar-refractivity contribution in [2.75, 3.05) is 13.1 Å². The maximum Gasteiger partial charge on any atom is 0.270 e. The Kier molecular flexibility index (Phi) is 6.37. The van der Waals surface area contributed by atoms with Crippen LogP contribution in [0.3, 0.4) is 0 Å². The fourth-order valence-electron chi connectivity index (χ4n) is 4.96. The van der Waals surface area contributed by atoms with E-state index >= 15 is 0 Å². The van der Waals surface area contributed by atoms with Gasteiger partial charge in [0.1, 0.15) is 23.6 Å². The standard InChI is InChI=1S/C26H28BrN5O3/c1-14-9-19(27)18-11-22(29-21(18)10-14)26(35)32-8-4-5-16(12-32)15(2)28-25(34)17-6-3-7-20-24(17)31-23(13-33)30-20/h3,6-7,9-11,15-16,29,33H,4-5,8,12-13H2,1-2H3,(H,28,34)(H,30,31). The van der Waals surface area contributed by atoms with Gasteiger partial charge in [0.2, 0.25) is 0 Å². The topological polar surface area (TPSA) is 114 Å². The summed E-state index contributed by atoms with van der Waals surface area (Å²) in [5, 5.41) is 13.5. The van der Waals surface area contributed by atoms with Gasteiger partial charge in [-0.05, 0) is 68.5 Å². The monoisotopic (exact) mass is 537 g/mol. The van der Waals surface area contributed by atoms with Gasteiger partial charge in [-0.25, -0.2) is 4.98 Å². The number of benzene rings is 2. The van der Waals surface area contributed by atoms with E-state index in [9.17, 15) is 14.7 Å². The van der Waals surface area contributed by atoms with Crippen molar-refractivity contribution in [2.24, 2.45) is 5.92 Å². The van der Waals surface area contributed by atoms with Crippen molar-refractivity contribution < 1.29 is 14.7 Å². The first-order chi connectivity index (χ1) is 16.8. The highest BCUT2D eigenvalue weighted by Gasteiger charge is 2.30. The van der Waals surface area contributed by atoms with E-state index in [1.165, 1.54) is 0 Å². The number of aliphatic hydroxyl groups is 1. The number of H-pyrrole nitrogens is 2. The molecule has 1 saturated heterocycles. The highest BCUT2D eigenvalue weighted by Crippen LogP contribution is 2.28. The van der Waals surface area contributed by atoms with Crippen LogP contribution in [0.2, 0.25) is 0 Å². The first-order valence-corrected chi connectivity index (χ1v) is 12.6. The summed E-state index contributed by atoms with van der Waals surface area (Å²) in [6.45, 7) is 5.07. The minimum atomic E-state index is -0.217. The van der Waals surface area contributed by atoms with Crippen molar-refractivity contribution in [1.82, 2.24) is 25.2 Å². The third-order valence-corrected chi connectivity index (χ3v) is 7.49. The number of aryl methyl sites for hydroxylation is 1. The number of para-hydroxylation sites is 1. The number of aromatic nitrogens is 3. The van der Waals surface area contributed by atoms with Crippen LogP contribution in [0.25, 0.3) is 21.9 Å². The van der Waals surface area contributed by atoms with Crippen LogP contribution in [0.15, 0.2) is 40.9 Å². The van der Waals surface area contributed by atoms with E-state index in [2.05, 4.69) is 36.2 Å². The normalized spacial score (nSPS) is 17.1. The number of rotatable bonds is 5. The Bertz CT molecular complexity index is 1430. The van der Waals surface area contributed by atoms with Gasteiger partial charge in [0.25, 0.3) is 11.8 Å². The van der Waals surface area contributed by atoms with Crippen LogP contribution >= 0.6 is 15.9 Å². The number of likely N-dealkylation sites (tertiary alicyclic amines) is 1. The Labute approximate surface area is 211 Å². The van der Waals surface area contributed by atoms with Crippen LogP contribution in [-0.2, 0) is 6.61 Å². The number of hydrogen-bond acceptors (Lipinski definition) is 4. The number of carbonyl (C=O) groups excluding carboxylic acids is 2. The zero-order chi connectivity index (χ0) is 24.7. The second-order valence-corrected chi connectivity index (χ2v) is 10.2. The van der Waals surface area contributed by atoms with Gasteiger partial charge in [-0.15, -0.1) is 0 Å². The Balaban J connectivity index is 1.29. The Hall–Kier alpha value is -3.17. The van der Waals surface area contributed by atoms with Gasteiger partial charge in [0.15, 0.2) is 0 Å². The molecule has 2 aromatic heterocycles. The second-order valence-electron chi connectivity index (χ2n) is 9.35. The Morgan fingerprint density at radius 1 is 1.26 bits per heavy atom. The van der Waals surface area contributed by atoms with Gasteiger partial charge in [0, 0.05) is 34.5 Å². The van der Waals surface area contributed by atoms with Crippen molar-refractivity contribution in [2.45, 2.75) is 39.3 Å². The molecule has 2 amide bonds. The quantitative estimate of drug-likeness (QED) is 0.304. The van der Waals surface area contributed by atoms with E-state index < -0.39 is 0 Å². The molecule has 1 fully saturated rings. The summed E-state index contributed by atoms with van der Waals surface area (Å²) < 4.78 is 0.966. The lowest BCUT2D eigenvalue weighted by molar-refractivity contribution is 0.0640. The summed E-state index contributed by atoms with van der Waals surface area (Å²) in [4.78, 5) is 38.9. The van der Waals surface area contributed by atoms with E-state index in [0.717, 1.165) is 33.8 Å². The van der Waals surface area contributed by atoms with Crippen LogP contribution in [-0.4, -0.2) is 55.9 Å². The number of fused-ring (bicyclic) bond motifs is 2. The molecule has 8 nitrogen and oxygen atoms in total. The summed E-state index contributed by atoms with van der Waals surface area (Å²) in [7, 11) is 0. The predicted molar refractivity (Wildman–Crippen MR) is 138 cm³/mol. The number of nitrogens with zero attached hydrogens (tertiary/aromatic N) is 2. The van der Waals surface area contributed by atoms with Crippen molar-refractivity contribution >= 4 is 49.7 Å².